The molecule has 0 spiro atoms. The highest BCUT2D eigenvalue weighted by Crippen LogP contribution is 2.40. The third-order valence-electron chi connectivity index (χ3n) is 4.75. The molecule has 0 radical (unpaired) electrons. The summed E-state index contributed by atoms with van der Waals surface area (Å²) in [5.41, 5.74) is 1.91. The Kier molecular flexibility index (Phi) is 5.63. The van der Waals surface area contributed by atoms with Crippen molar-refractivity contribution in [3.05, 3.63) is 81.7 Å². The lowest BCUT2D eigenvalue weighted by molar-refractivity contribution is -0.384. The third kappa shape index (κ3) is 3.98. The molecule has 2 atom stereocenters. The average Bonchev–Trinajstić information content (AvgIpc) is 2.68. The number of nitro benzene ring substituents is 1. The number of allylic oxidation sites excluding steroid dienone is 2. The van der Waals surface area contributed by atoms with E-state index in [2.05, 4.69) is 0 Å². The minimum absolute atomic E-state index is 0.0760. The molecule has 0 bridgehead atoms. The smallest absolute Gasteiger partial charge is 0.317 e. The predicted molar refractivity (Wildman–Crippen MR) is 100.0 cm³/mol. The fraction of sp³-hybridized carbons (Fsp3) is 0.238. The van der Waals surface area contributed by atoms with Gasteiger partial charge in [-0.05, 0) is 48.3 Å². The Bertz CT molecular complexity index is 934. The molecule has 0 saturated heterocycles. The first-order valence-corrected chi connectivity index (χ1v) is 8.82. The van der Waals surface area contributed by atoms with Gasteiger partial charge < -0.3 is 4.74 Å². The third-order valence-corrected chi connectivity index (χ3v) is 4.75. The first-order valence-electron chi connectivity index (χ1n) is 8.82. The van der Waals surface area contributed by atoms with Crippen LogP contribution in [0.3, 0.4) is 0 Å². The minimum atomic E-state index is -1.02. The van der Waals surface area contributed by atoms with E-state index in [1.54, 1.807) is 31.2 Å². The lowest BCUT2D eigenvalue weighted by Crippen LogP contribution is -2.34. The van der Waals surface area contributed by atoms with Crippen LogP contribution in [0.15, 0.2) is 54.6 Å². The molecule has 0 fully saturated rings. The maximum atomic E-state index is 13.2. The number of esters is 1. The van der Waals surface area contributed by atoms with Gasteiger partial charge in [-0.1, -0.05) is 24.3 Å². The molecule has 0 aliphatic heterocycles. The molecule has 1 aliphatic carbocycles. The van der Waals surface area contributed by atoms with Gasteiger partial charge in [-0.25, -0.2) is 4.39 Å². The zero-order chi connectivity index (χ0) is 20.3. The first-order chi connectivity index (χ1) is 13.4. The lowest BCUT2D eigenvalue weighted by Gasteiger charge is -2.29. The highest BCUT2D eigenvalue weighted by Gasteiger charge is 2.39. The Balaban J connectivity index is 2.00. The zero-order valence-corrected chi connectivity index (χ0v) is 15.1. The molecule has 0 amide bonds. The van der Waals surface area contributed by atoms with Gasteiger partial charge in [-0.15, -0.1) is 0 Å². The summed E-state index contributed by atoms with van der Waals surface area (Å²) in [7, 11) is 0. The number of non-ortho nitro benzene ring substituents is 1. The molecule has 0 heterocycles. The summed E-state index contributed by atoms with van der Waals surface area (Å²) < 4.78 is 18.3. The minimum Gasteiger partial charge on any atom is -0.465 e. The van der Waals surface area contributed by atoms with Gasteiger partial charge in [0.05, 0.1) is 11.5 Å². The van der Waals surface area contributed by atoms with Crippen LogP contribution in [0.4, 0.5) is 10.1 Å². The number of rotatable bonds is 5. The van der Waals surface area contributed by atoms with E-state index in [1.807, 2.05) is 0 Å². The normalized spacial score (nSPS) is 19.1. The van der Waals surface area contributed by atoms with Crippen LogP contribution in [0.1, 0.15) is 30.4 Å². The molecular weight excluding hydrogens is 365 g/mol. The monoisotopic (exact) mass is 383 g/mol. The summed E-state index contributed by atoms with van der Waals surface area (Å²) in [6.45, 7) is 1.80. The van der Waals surface area contributed by atoms with E-state index in [1.165, 1.54) is 30.3 Å². The van der Waals surface area contributed by atoms with Gasteiger partial charge in [-0.3, -0.25) is 19.7 Å². The first kappa shape index (κ1) is 19.4. The molecule has 7 heteroatoms. The van der Waals surface area contributed by atoms with Gasteiger partial charge in [-0.2, -0.15) is 0 Å². The fourth-order valence-corrected chi connectivity index (χ4v) is 3.40. The van der Waals surface area contributed by atoms with Crippen molar-refractivity contribution in [3.8, 4) is 0 Å². The molecule has 1 aliphatic rings. The highest BCUT2D eigenvalue weighted by molar-refractivity contribution is 6.10. The molecule has 3 rings (SSSR count). The van der Waals surface area contributed by atoms with Crippen LogP contribution in [0, 0.1) is 21.8 Å². The molecule has 0 N–H and O–H groups in total. The molecule has 2 aromatic carbocycles. The topological polar surface area (TPSA) is 86.5 Å². The summed E-state index contributed by atoms with van der Waals surface area (Å²) in [5.74, 6) is -2.96. The van der Waals surface area contributed by atoms with Crippen LogP contribution in [-0.2, 0) is 14.3 Å². The summed E-state index contributed by atoms with van der Waals surface area (Å²) in [5, 5.41) is 10.9. The van der Waals surface area contributed by atoms with E-state index < -0.39 is 28.5 Å². The molecule has 28 heavy (non-hydrogen) atoms. The van der Waals surface area contributed by atoms with Crippen molar-refractivity contribution in [1.29, 1.82) is 0 Å². The number of hydrogen-bond acceptors (Lipinski definition) is 5. The molecule has 0 saturated carbocycles. The average molecular weight is 383 g/mol. The summed E-state index contributed by atoms with van der Waals surface area (Å²) in [4.78, 5) is 35.6. The second-order valence-electron chi connectivity index (χ2n) is 6.47. The number of benzene rings is 2. The van der Waals surface area contributed by atoms with Crippen LogP contribution in [0.25, 0.3) is 5.57 Å². The standard InChI is InChI=1S/C21H18FNO5/c1-2-28-21(25)20-18(14-5-9-17(10-6-14)23(26)27)11-15(12-19(20)24)13-3-7-16(22)8-4-13/h3-10,12,18,20H,2,11H2,1H3/t18-,20+/m0/s1. The number of carbonyl (C=O) groups is 2. The van der Waals surface area contributed by atoms with Gasteiger partial charge in [0.15, 0.2) is 5.78 Å². The molecule has 0 unspecified atom stereocenters. The van der Waals surface area contributed by atoms with Crippen molar-refractivity contribution in [3.63, 3.8) is 0 Å². The second kappa shape index (κ2) is 8.12. The van der Waals surface area contributed by atoms with E-state index in [9.17, 15) is 24.1 Å². The van der Waals surface area contributed by atoms with E-state index in [4.69, 9.17) is 4.74 Å². The molecule has 6 nitrogen and oxygen atoms in total. The number of nitrogens with zero attached hydrogens (tertiary/aromatic N) is 1. The quantitative estimate of drug-likeness (QED) is 0.336. The van der Waals surface area contributed by atoms with Gasteiger partial charge in [0.25, 0.3) is 5.69 Å². The maximum absolute atomic E-state index is 13.2. The van der Waals surface area contributed by atoms with E-state index in [-0.39, 0.29) is 18.1 Å². The Labute approximate surface area is 160 Å². The van der Waals surface area contributed by atoms with Gasteiger partial charge in [0, 0.05) is 18.1 Å². The highest BCUT2D eigenvalue weighted by atomic mass is 19.1. The van der Waals surface area contributed by atoms with Crippen LogP contribution in [0.2, 0.25) is 0 Å². The fourth-order valence-electron chi connectivity index (χ4n) is 3.40. The number of ketones is 1. The largest absolute Gasteiger partial charge is 0.465 e. The predicted octanol–water partition coefficient (Wildman–Crippen LogP) is 4.05. The van der Waals surface area contributed by atoms with E-state index in [0.29, 0.717) is 23.1 Å². The zero-order valence-electron chi connectivity index (χ0n) is 15.1. The number of hydrogen-bond donors (Lipinski definition) is 0. The van der Waals surface area contributed by atoms with Crippen molar-refractivity contribution < 1.29 is 23.6 Å². The molecule has 144 valence electrons. The van der Waals surface area contributed by atoms with Crippen molar-refractivity contribution >= 4 is 23.0 Å². The van der Waals surface area contributed by atoms with Gasteiger partial charge in [0.1, 0.15) is 11.7 Å². The van der Waals surface area contributed by atoms with E-state index >= 15 is 0 Å². The van der Waals surface area contributed by atoms with Crippen LogP contribution in [-0.4, -0.2) is 23.3 Å². The summed E-state index contributed by atoms with van der Waals surface area (Å²) >= 11 is 0. The van der Waals surface area contributed by atoms with Crippen LogP contribution in [0.5, 0.6) is 0 Å². The Morgan fingerprint density at radius 2 is 1.82 bits per heavy atom. The summed E-state index contributed by atoms with van der Waals surface area (Å²) in [6.07, 6.45) is 1.75. The van der Waals surface area contributed by atoms with Gasteiger partial charge >= 0.3 is 5.97 Å². The van der Waals surface area contributed by atoms with Crippen molar-refractivity contribution in [1.82, 2.24) is 0 Å². The molecule has 0 aromatic heterocycles. The number of nitro groups is 1. The van der Waals surface area contributed by atoms with Crippen LogP contribution >= 0.6 is 0 Å². The summed E-state index contributed by atoms with van der Waals surface area (Å²) in [6, 6.07) is 11.6. The van der Waals surface area contributed by atoms with Crippen molar-refractivity contribution in [2.24, 2.45) is 5.92 Å². The second-order valence-corrected chi connectivity index (χ2v) is 6.47. The molecule has 2 aromatic rings. The number of ether oxygens (including phenoxy) is 1. The Morgan fingerprint density at radius 1 is 1.18 bits per heavy atom. The Morgan fingerprint density at radius 3 is 2.39 bits per heavy atom. The lowest BCUT2D eigenvalue weighted by atomic mass is 9.73. The number of carbonyl (C=O) groups excluding carboxylic acids is 2. The van der Waals surface area contributed by atoms with E-state index in [0.717, 1.165) is 0 Å². The van der Waals surface area contributed by atoms with Crippen molar-refractivity contribution in [2.45, 2.75) is 19.3 Å². The Hall–Kier alpha value is -3.35. The molecular formula is C21H18FNO5. The SMILES string of the molecule is CCOC(=O)[C@H]1C(=O)C=C(c2ccc(F)cc2)C[C@H]1c1ccc([N+](=O)[O-])cc1. The van der Waals surface area contributed by atoms with Crippen molar-refractivity contribution in [2.75, 3.05) is 6.61 Å². The number of halogens is 1. The van der Waals surface area contributed by atoms with Gasteiger partial charge in [0.2, 0.25) is 0 Å². The maximum Gasteiger partial charge on any atom is 0.317 e. The van der Waals surface area contributed by atoms with Crippen LogP contribution < -0.4 is 0 Å².